The molecule has 1 amide bonds. The van der Waals surface area contributed by atoms with Gasteiger partial charge in [0.15, 0.2) is 5.65 Å². The maximum absolute atomic E-state index is 12.8. The lowest BCUT2D eigenvalue weighted by Crippen LogP contribution is -2.10. The van der Waals surface area contributed by atoms with E-state index in [0.717, 1.165) is 32.8 Å². The van der Waals surface area contributed by atoms with Gasteiger partial charge in [-0.2, -0.15) is 5.10 Å². The first-order chi connectivity index (χ1) is 13.6. The smallest absolute Gasteiger partial charge is 0.265 e. The summed E-state index contributed by atoms with van der Waals surface area (Å²) in [5.41, 5.74) is 3.55. The number of fused-ring (bicyclic) bond motifs is 4. The zero-order chi connectivity index (χ0) is 19.3. The Labute approximate surface area is 165 Å². The lowest BCUT2D eigenvalue weighted by Gasteiger charge is -2.16. The highest BCUT2D eigenvalue weighted by molar-refractivity contribution is 7.17. The van der Waals surface area contributed by atoms with Crippen LogP contribution in [0.1, 0.15) is 35.1 Å². The van der Waals surface area contributed by atoms with E-state index in [4.69, 9.17) is 4.74 Å². The van der Waals surface area contributed by atoms with Crippen LogP contribution in [0.15, 0.2) is 48.8 Å². The average Bonchev–Trinajstić information content (AvgIpc) is 3.32. The van der Waals surface area contributed by atoms with Crippen LogP contribution in [0.5, 0.6) is 5.75 Å². The maximum Gasteiger partial charge on any atom is 0.265 e. The van der Waals surface area contributed by atoms with Gasteiger partial charge in [-0.1, -0.05) is 12.1 Å². The van der Waals surface area contributed by atoms with Crippen LogP contribution in [0.25, 0.3) is 21.5 Å². The van der Waals surface area contributed by atoms with E-state index in [1.54, 1.807) is 12.4 Å². The van der Waals surface area contributed by atoms with Crippen LogP contribution in [-0.4, -0.2) is 20.7 Å². The molecule has 3 aromatic heterocycles. The molecule has 28 heavy (non-hydrogen) atoms. The van der Waals surface area contributed by atoms with Gasteiger partial charge in [0, 0.05) is 27.4 Å². The van der Waals surface area contributed by atoms with Crippen LogP contribution in [0.4, 0.5) is 5.69 Å². The molecule has 7 heteroatoms. The average molecular weight is 390 g/mol. The van der Waals surface area contributed by atoms with Gasteiger partial charge in [0.05, 0.1) is 23.0 Å². The quantitative estimate of drug-likeness (QED) is 0.541. The largest absolute Gasteiger partial charge is 0.488 e. The van der Waals surface area contributed by atoms with Crippen LogP contribution < -0.4 is 10.1 Å². The minimum Gasteiger partial charge on any atom is -0.488 e. The molecule has 1 aliphatic heterocycles. The topological polar surface area (TPSA) is 69.0 Å². The predicted molar refractivity (Wildman–Crippen MR) is 110 cm³/mol. The number of amides is 1. The zero-order valence-corrected chi connectivity index (χ0v) is 16.3. The number of hydrogen-bond donors (Lipinski definition) is 1. The van der Waals surface area contributed by atoms with Gasteiger partial charge in [-0.05, 0) is 38.1 Å². The van der Waals surface area contributed by atoms with Crippen molar-refractivity contribution in [1.82, 2.24) is 14.8 Å². The Morgan fingerprint density at radius 3 is 2.96 bits per heavy atom. The molecule has 0 fully saturated rings. The first-order valence-corrected chi connectivity index (χ1v) is 9.91. The molecule has 1 aliphatic rings. The van der Waals surface area contributed by atoms with E-state index in [1.165, 1.54) is 11.3 Å². The molecule has 0 radical (unpaired) electrons. The molecule has 6 nitrogen and oxygen atoms in total. The first kappa shape index (κ1) is 16.9. The molecular formula is C21H18N4O2S. The van der Waals surface area contributed by atoms with Crippen LogP contribution >= 0.6 is 11.3 Å². The van der Waals surface area contributed by atoms with Crippen LogP contribution in [-0.2, 0) is 6.61 Å². The molecule has 0 aliphatic carbocycles. The summed E-state index contributed by atoms with van der Waals surface area (Å²) >= 11 is 1.49. The van der Waals surface area contributed by atoms with Crippen molar-refractivity contribution in [2.75, 3.05) is 5.32 Å². The molecule has 0 spiro atoms. The fraction of sp³-hybridized carbons (Fsp3) is 0.190. The van der Waals surface area contributed by atoms with Crippen molar-refractivity contribution in [3.05, 3.63) is 59.2 Å². The molecule has 0 bridgehead atoms. The van der Waals surface area contributed by atoms with Crippen molar-refractivity contribution in [1.29, 1.82) is 0 Å². The third-order valence-corrected chi connectivity index (χ3v) is 5.94. The van der Waals surface area contributed by atoms with E-state index in [2.05, 4.69) is 29.2 Å². The van der Waals surface area contributed by atoms with E-state index < -0.39 is 0 Å². The fourth-order valence-electron chi connectivity index (χ4n) is 3.39. The summed E-state index contributed by atoms with van der Waals surface area (Å²) in [7, 11) is 0. The number of ether oxygens (including phenoxy) is 1. The van der Waals surface area contributed by atoms with Gasteiger partial charge in [-0.25, -0.2) is 9.67 Å². The van der Waals surface area contributed by atoms with Crippen molar-refractivity contribution in [2.45, 2.75) is 26.5 Å². The van der Waals surface area contributed by atoms with Crippen LogP contribution in [0.2, 0.25) is 0 Å². The van der Waals surface area contributed by atoms with Gasteiger partial charge in [-0.3, -0.25) is 4.79 Å². The molecule has 1 aromatic carbocycles. The third kappa shape index (κ3) is 2.75. The molecule has 0 unspecified atom stereocenters. The highest BCUT2D eigenvalue weighted by Gasteiger charge is 2.22. The summed E-state index contributed by atoms with van der Waals surface area (Å²) in [6, 6.07) is 12.0. The van der Waals surface area contributed by atoms with Gasteiger partial charge in [0.25, 0.3) is 5.91 Å². The highest BCUT2D eigenvalue weighted by Crippen LogP contribution is 2.42. The Kier molecular flexibility index (Phi) is 3.91. The standard InChI is InChI=1S/C21H18N4O2S/c1-12(2)25-20-13(9-23-25)7-15(10-22-20)24-21(26)18-8-14-11-27-17-6-4-3-5-16(17)19(14)28-18/h3-10,12H,11H2,1-2H3,(H,24,26). The number of nitrogens with zero attached hydrogens (tertiary/aromatic N) is 3. The molecule has 0 saturated carbocycles. The molecule has 0 atom stereocenters. The van der Waals surface area contributed by atoms with E-state index >= 15 is 0 Å². The Balaban J connectivity index is 1.43. The van der Waals surface area contributed by atoms with Gasteiger partial charge in [-0.15, -0.1) is 11.3 Å². The Morgan fingerprint density at radius 1 is 1.25 bits per heavy atom. The predicted octanol–water partition coefficient (Wildman–Crippen LogP) is 4.89. The number of thiophene rings is 1. The molecule has 5 rings (SSSR count). The van der Waals surface area contributed by atoms with Crippen molar-refractivity contribution in [2.24, 2.45) is 0 Å². The lowest BCUT2D eigenvalue weighted by molar-refractivity contribution is 0.103. The van der Waals surface area contributed by atoms with Crippen molar-refractivity contribution in [3.8, 4) is 16.2 Å². The number of anilines is 1. The second-order valence-corrected chi connectivity index (χ2v) is 8.08. The van der Waals surface area contributed by atoms with Crippen LogP contribution in [0, 0.1) is 0 Å². The number of nitrogens with one attached hydrogen (secondary N) is 1. The summed E-state index contributed by atoms with van der Waals surface area (Å²) in [4.78, 5) is 19.0. The lowest BCUT2D eigenvalue weighted by atomic mass is 10.1. The Bertz CT molecular complexity index is 1210. The molecule has 1 N–H and O–H groups in total. The Morgan fingerprint density at radius 2 is 2.11 bits per heavy atom. The van der Waals surface area contributed by atoms with Gasteiger partial charge >= 0.3 is 0 Å². The number of benzene rings is 1. The van der Waals surface area contributed by atoms with Crippen molar-refractivity contribution < 1.29 is 9.53 Å². The summed E-state index contributed by atoms with van der Waals surface area (Å²) in [6.45, 7) is 4.60. The first-order valence-electron chi connectivity index (χ1n) is 9.09. The monoisotopic (exact) mass is 390 g/mol. The number of pyridine rings is 1. The molecular weight excluding hydrogens is 372 g/mol. The van der Waals surface area contributed by atoms with Gasteiger partial charge in [0.1, 0.15) is 12.4 Å². The van der Waals surface area contributed by atoms with E-state index in [-0.39, 0.29) is 11.9 Å². The highest BCUT2D eigenvalue weighted by atomic mass is 32.1. The zero-order valence-electron chi connectivity index (χ0n) is 15.5. The summed E-state index contributed by atoms with van der Waals surface area (Å²) in [6.07, 6.45) is 3.45. The normalized spacial score (nSPS) is 12.5. The minimum atomic E-state index is -0.144. The second kappa shape index (κ2) is 6.45. The summed E-state index contributed by atoms with van der Waals surface area (Å²) < 4.78 is 7.65. The van der Waals surface area contributed by atoms with Gasteiger partial charge < -0.3 is 10.1 Å². The van der Waals surface area contributed by atoms with Gasteiger partial charge in [0.2, 0.25) is 0 Å². The number of rotatable bonds is 3. The molecule has 0 saturated heterocycles. The number of carbonyl (C=O) groups is 1. The maximum atomic E-state index is 12.8. The van der Waals surface area contributed by atoms with E-state index in [1.807, 2.05) is 41.1 Å². The Hall–Kier alpha value is -3.19. The number of aromatic nitrogens is 3. The minimum absolute atomic E-state index is 0.144. The number of carbonyl (C=O) groups excluding carboxylic acids is 1. The van der Waals surface area contributed by atoms with E-state index in [0.29, 0.717) is 17.2 Å². The fourth-order valence-corrected chi connectivity index (χ4v) is 4.48. The number of para-hydroxylation sites is 1. The van der Waals surface area contributed by atoms with E-state index in [9.17, 15) is 4.79 Å². The SMILES string of the molecule is CC(C)n1ncc2cc(NC(=O)c3cc4c(s3)-c3ccccc3OC4)cnc21. The molecule has 4 heterocycles. The summed E-state index contributed by atoms with van der Waals surface area (Å²) in [5.74, 6) is 0.718. The molecule has 4 aromatic rings. The third-order valence-electron chi connectivity index (χ3n) is 4.73. The second-order valence-electron chi connectivity index (χ2n) is 7.02. The van der Waals surface area contributed by atoms with Crippen molar-refractivity contribution in [3.63, 3.8) is 0 Å². The summed E-state index contributed by atoms with van der Waals surface area (Å²) in [5, 5.41) is 8.22. The number of hydrogen-bond acceptors (Lipinski definition) is 5. The molecule has 140 valence electrons. The van der Waals surface area contributed by atoms with Crippen molar-refractivity contribution >= 4 is 34.0 Å². The van der Waals surface area contributed by atoms with Crippen LogP contribution in [0.3, 0.4) is 0 Å².